The molecule has 1 aromatic heterocycles. The van der Waals surface area contributed by atoms with Gasteiger partial charge in [-0.15, -0.1) is 0 Å². The lowest BCUT2D eigenvalue weighted by Crippen LogP contribution is -2.62. The summed E-state index contributed by atoms with van der Waals surface area (Å²) in [5.41, 5.74) is 0.127. The van der Waals surface area contributed by atoms with Crippen LogP contribution >= 0.6 is 0 Å². The molecule has 3 aromatic rings. The first-order valence-electron chi connectivity index (χ1n) is 13.5. The van der Waals surface area contributed by atoms with Crippen LogP contribution in [-0.2, 0) is 4.79 Å². The third kappa shape index (κ3) is 4.80. The topological polar surface area (TPSA) is 102 Å². The van der Waals surface area contributed by atoms with Gasteiger partial charge in [0, 0.05) is 67.1 Å². The van der Waals surface area contributed by atoms with Crippen LogP contribution in [-0.4, -0.2) is 66.9 Å². The largest absolute Gasteiger partial charge is 0.456 e. The van der Waals surface area contributed by atoms with Crippen molar-refractivity contribution in [3.8, 4) is 6.07 Å². The molecule has 1 aliphatic heterocycles. The number of halogens is 2. The third-order valence-electron chi connectivity index (χ3n) is 8.53. The molecule has 2 N–H and O–H groups in total. The number of fused-ring (bicyclic) bond motifs is 3. The van der Waals surface area contributed by atoms with Crippen LogP contribution in [0, 0.1) is 11.3 Å². The van der Waals surface area contributed by atoms with Gasteiger partial charge in [-0.1, -0.05) is 0 Å². The Morgan fingerprint density at radius 3 is 2.18 bits per heavy atom. The van der Waals surface area contributed by atoms with Crippen LogP contribution in [0.2, 0.25) is 0 Å². The maximum atomic E-state index is 14.0. The van der Waals surface area contributed by atoms with E-state index in [2.05, 4.69) is 39.6 Å². The third-order valence-corrected chi connectivity index (χ3v) is 8.53. The molecule has 39 heavy (non-hydrogen) atoms. The number of furan rings is 1. The maximum absolute atomic E-state index is 14.0. The predicted octanol–water partition coefficient (Wildman–Crippen LogP) is 4.19. The molecule has 0 atom stereocenters. The van der Waals surface area contributed by atoms with Gasteiger partial charge in [-0.05, 0) is 63.1 Å². The summed E-state index contributed by atoms with van der Waals surface area (Å²) in [5, 5.41) is 16.7. The highest BCUT2D eigenvalue weighted by atomic mass is 19.3. The summed E-state index contributed by atoms with van der Waals surface area (Å²) in [7, 11) is 2.11. The lowest BCUT2D eigenvalue weighted by Gasteiger charge is -2.39. The molecule has 8 nitrogen and oxygen atoms in total. The molecular weight excluding hydrogens is 504 g/mol. The van der Waals surface area contributed by atoms with E-state index in [4.69, 9.17) is 4.42 Å². The van der Waals surface area contributed by atoms with Gasteiger partial charge in [0.05, 0.1) is 6.07 Å². The molecule has 6 rings (SSSR count). The lowest BCUT2D eigenvalue weighted by atomic mass is 9.78. The zero-order chi connectivity index (χ0) is 27.4. The molecule has 3 aliphatic rings. The minimum atomic E-state index is -2.89. The first-order valence-corrected chi connectivity index (χ1v) is 13.5. The number of nitrogens with one attached hydrogen (secondary N) is 2. The number of likely N-dealkylation sites (N-methyl/N-ethyl adjacent to an activating group) is 1. The van der Waals surface area contributed by atoms with E-state index in [-0.39, 0.29) is 18.4 Å². The van der Waals surface area contributed by atoms with Crippen molar-refractivity contribution in [2.45, 2.75) is 55.5 Å². The highest BCUT2D eigenvalue weighted by molar-refractivity contribution is 6.08. The molecule has 0 bridgehead atoms. The van der Waals surface area contributed by atoms with Crippen LogP contribution in [0.15, 0.2) is 40.8 Å². The second-order valence-electron chi connectivity index (χ2n) is 11.3. The zero-order valence-electron chi connectivity index (χ0n) is 21.9. The summed E-state index contributed by atoms with van der Waals surface area (Å²) in [6, 6.07) is 13.3. The molecule has 2 saturated carbocycles. The van der Waals surface area contributed by atoms with Crippen molar-refractivity contribution in [2.75, 3.05) is 38.1 Å². The van der Waals surface area contributed by atoms with Gasteiger partial charge in [0.25, 0.3) is 5.91 Å². The number of amides is 2. The number of benzene rings is 2. The fraction of sp³-hybridized carbons (Fsp3) is 0.483. The van der Waals surface area contributed by atoms with Gasteiger partial charge >= 0.3 is 0 Å². The van der Waals surface area contributed by atoms with E-state index in [1.165, 1.54) is 0 Å². The second kappa shape index (κ2) is 9.19. The molecule has 2 amide bonds. The number of carbonyl (C=O) groups excluding carboxylic acids is 2. The number of hydrogen-bond donors (Lipinski definition) is 2. The van der Waals surface area contributed by atoms with Crippen LogP contribution in [0.1, 0.15) is 48.9 Å². The molecular formula is C29H31F2N5O3. The molecule has 2 heterocycles. The standard InChI is InChI=1S/C29H31F2N5O3/c1-35-12-14-36(15-13-35)20-3-5-22-21-4-2-19(16-23(21)39-24(22)17-20)25(37)33-28(8-10-29(30,31)11-9-28)26(38)34-27(18-32)6-7-27/h2-5,16-17H,6-15H2,1H3,(H,33,37)(H,34,38). The number of piperazine rings is 1. The average molecular weight is 536 g/mol. The molecule has 1 saturated heterocycles. The van der Waals surface area contributed by atoms with Crippen molar-refractivity contribution < 1.29 is 22.8 Å². The molecule has 2 aliphatic carbocycles. The molecule has 2 aromatic carbocycles. The Bertz CT molecular complexity index is 1490. The quantitative estimate of drug-likeness (QED) is 0.508. The highest BCUT2D eigenvalue weighted by Crippen LogP contribution is 2.41. The molecule has 0 radical (unpaired) electrons. The maximum Gasteiger partial charge on any atom is 0.252 e. The van der Waals surface area contributed by atoms with E-state index in [0.29, 0.717) is 18.4 Å². The summed E-state index contributed by atoms with van der Waals surface area (Å²) >= 11 is 0. The molecule has 10 heteroatoms. The molecule has 204 valence electrons. The summed E-state index contributed by atoms with van der Waals surface area (Å²) < 4.78 is 34.2. The van der Waals surface area contributed by atoms with E-state index >= 15 is 0 Å². The fourth-order valence-electron chi connectivity index (χ4n) is 5.64. The van der Waals surface area contributed by atoms with Gasteiger partial charge < -0.3 is 24.9 Å². The van der Waals surface area contributed by atoms with Gasteiger partial charge in [0.2, 0.25) is 11.8 Å². The Morgan fingerprint density at radius 2 is 1.54 bits per heavy atom. The number of nitrogens with zero attached hydrogens (tertiary/aromatic N) is 3. The second-order valence-corrected chi connectivity index (χ2v) is 11.3. The summed E-state index contributed by atoms with van der Waals surface area (Å²) in [6.45, 7) is 3.85. The van der Waals surface area contributed by atoms with Crippen molar-refractivity contribution in [3.05, 3.63) is 42.0 Å². The van der Waals surface area contributed by atoms with E-state index in [0.717, 1.165) is 48.2 Å². The summed E-state index contributed by atoms with van der Waals surface area (Å²) in [5.74, 6) is -4.01. The van der Waals surface area contributed by atoms with Crippen LogP contribution in [0.25, 0.3) is 21.9 Å². The van der Waals surface area contributed by atoms with Gasteiger partial charge in [0.1, 0.15) is 22.2 Å². The Kier molecular flexibility index (Phi) is 6.03. The Hall–Kier alpha value is -3.71. The van der Waals surface area contributed by atoms with Crippen LogP contribution in [0.5, 0.6) is 0 Å². The average Bonchev–Trinajstić information content (AvgIpc) is 3.60. The van der Waals surface area contributed by atoms with Gasteiger partial charge in [-0.3, -0.25) is 9.59 Å². The van der Waals surface area contributed by atoms with Crippen molar-refractivity contribution in [3.63, 3.8) is 0 Å². The molecule has 0 unspecified atom stereocenters. The van der Waals surface area contributed by atoms with Crippen LogP contribution in [0.3, 0.4) is 0 Å². The van der Waals surface area contributed by atoms with Gasteiger partial charge in [0.15, 0.2) is 0 Å². The summed E-state index contributed by atoms with van der Waals surface area (Å²) in [4.78, 5) is 31.3. The minimum Gasteiger partial charge on any atom is -0.456 e. The number of carbonyl (C=O) groups is 2. The Morgan fingerprint density at radius 1 is 0.897 bits per heavy atom. The van der Waals surface area contributed by atoms with Crippen molar-refractivity contribution in [1.82, 2.24) is 15.5 Å². The lowest BCUT2D eigenvalue weighted by molar-refractivity contribution is -0.133. The van der Waals surface area contributed by atoms with E-state index < -0.39 is 41.7 Å². The van der Waals surface area contributed by atoms with Crippen molar-refractivity contribution >= 4 is 39.4 Å². The predicted molar refractivity (Wildman–Crippen MR) is 143 cm³/mol. The van der Waals surface area contributed by atoms with Crippen molar-refractivity contribution in [2.24, 2.45) is 0 Å². The number of anilines is 1. The van der Waals surface area contributed by atoms with Gasteiger partial charge in [-0.25, -0.2) is 8.78 Å². The minimum absolute atomic E-state index is 0.207. The van der Waals surface area contributed by atoms with E-state index in [1.54, 1.807) is 12.1 Å². The SMILES string of the molecule is CN1CCN(c2ccc3c(c2)oc2cc(C(=O)NC4(C(=O)NC5(C#N)CC5)CCC(F)(F)CC4)ccc23)CC1. The number of nitriles is 1. The van der Waals surface area contributed by atoms with Gasteiger partial charge in [-0.2, -0.15) is 5.26 Å². The smallest absolute Gasteiger partial charge is 0.252 e. The number of alkyl halides is 2. The number of rotatable bonds is 5. The van der Waals surface area contributed by atoms with Crippen molar-refractivity contribution in [1.29, 1.82) is 5.26 Å². The number of hydrogen-bond acceptors (Lipinski definition) is 6. The van der Waals surface area contributed by atoms with E-state index in [1.807, 2.05) is 18.2 Å². The molecule has 0 spiro atoms. The normalized spacial score (nSPS) is 21.8. The van der Waals surface area contributed by atoms with E-state index in [9.17, 15) is 23.6 Å². The Balaban J connectivity index is 1.26. The first kappa shape index (κ1) is 25.6. The van der Waals surface area contributed by atoms with Crippen LogP contribution in [0.4, 0.5) is 14.5 Å². The monoisotopic (exact) mass is 535 g/mol. The fourth-order valence-corrected chi connectivity index (χ4v) is 5.64. The summed E-state index contributed by atoms with van der Waals surface area (Å²) in [6.07, 6.45) is -0.428. The molecule has 3 fully saturated rings. The zero-order valence-corrected chi connectivity index (χ0v) is 21.9. The van der Waals surface area contributed by atoms with Crippen LogP contribution < -0.4 is 15.5 Å². The first-order chi connectivity index (χ1) is 18.6. The highest BCUT2D eigenvalue weighted by Gasteiger charge is 2.53. The Labute approximate surface area is 224 Å².